The van der Waals surface area contributed by atoms with Gasteiger partial charge in [-0.05, 0) is 17.7 Å². The van der Waals surface area contributed by atoms with E-state index in [9.17, 15) is 9.59 Å². The number of aromatic nitrogens is 3. The number of nitrogens with one attached hydrogen (secondary N) is 2. The molecule has 0 atom stereocenters. The summed E-state index contributed by atoms with van der Waals surface area (Å²) in [4.78, 5) is 30.0. The molecule has 0 radical (unpaired) electrons. The van der Waals surface area contributed by atoms with Crippen molar-refractivity contribution in [1.29, 1.82) is 0 Å². The number of hydrogen-bond donors (Lipinski definition) is 2. The molecule has 0 saturated carbocycles. The van der Waals surface area contributed by atoms with Gasteiger partial charge in [-0.3, -0.25) is 9.69 Å². The molecule has 3 amide bonds. The highest BCUT2D eigenvalue weighted by molar-refractivity contribution is 7.14. The normalized spacial score (nSPS) is 13.6. The first-order valence-electron chi connectivity index (χ1n) is 8.55. The van der Waals surface area contributed by atoms with Gasteiger partial charge < -0.3 is 10.6 Å². The summed E-state index contributed by atoms with van der Waals surface area (Å²) in [7, 11) is 0. The monoisotopic (exact) mass is 382 g/mol. The number of amides is 3. The summed E-state index contributed by atoms with van der Waals surface area (Å²) >= 11 is 1.37. The number of carbonyl (C=O) groups is 2. The van der Waals surface area contributed by atoms with Gasteiger partial charge in [0.15, 0.2) is 5.13 Å². The number of hydrogen-bond acceptors (Lipinski definition) is 5. The van der Waals surface area contributed by atoms with Crippen LogP contribution < -0.4 is 15.5 Å². The van der Waals surface area contributed by atoms with Gasteiger partial charge in [0.1, 0.15) is 0 Å². The summed E-state index contributed by atoms with van der Waals surface area (Å²) in [5.74, 6) is -0.118. The lowest BCUT2D eigenvalue weighted by Crippen LogP contribution is -2.28. The fraction of sp³-hybridized carbons (Fsp3) is 0.222. The molecule has 3 aromatic rings. The molecule has 8 nitrogen and oxygen atoms in total. The van der Waals surface area contributed by atoms with Crippen molar-refractivity contribution < 1.29 is 9.59 Å². The molecule has 27 heavy (non-hydrogen) atoms. The maximum absolute atomic E-state index is 12.3. The van der Waals surface area contributed by atoms with E-state index < -0.39 is 0 Å². The molecule has 1 fully saturated rings. The van der Waals surface area contributed by atoms with Crippen LogP contribution in [0, 0.1) is 0 Å². The van der Waals surface area contributed by atoms with Crippen LogP contribution in [0.1, 0.15) is 11.3 Å². The first-order valence-corrected chi connectivity index (χ1v) is 9.43. The van der Waals surface area contributed by atoms with E-state index in [4.69, 9.17) is 0 Å². The van der Waals surface area contributed by atoms with Gasteiger partial charge in [-0.1, -0.05) is 18.2 Å². The van der Waals surface area contributed by atoms with Gasteiger partial charge in [0.05, 0.1) is 17.8 Å². The van der Waals surface area contributed by atoms with Crippen LogP contribution in [-0.4, -0.2) is 39.8 Å². The highest BCUT2D eigenvalue weighted by atomic mass is 32.1. The number of anilines is 1. The minimum atomic E-state index is -0.143. The number of nitrogens with zero attached hydrogens (tertiary/aromatic N) is 4. The van der Waals surface area contributed by atoms with Gasteiger partial charge in [-0.25, -0.2) is 14.5 Å². The number of carbonyl (C=O) groups excluding carboxylic acids is 2. The highest BCUT2D eigenvalue weighted by Crippen LogP contribution is 2.22. The predicted octanol–water partition coefficient (Wildman–Crippen LogP) is 1.72. The number of urea groups is 1. The number of para-hydroxylation sites is 1. The van der Waals surface area contributed by atoms with Gasteiger partial charge in [0, 0.05) is 37.4 Å². The molecule has 9 heteroatoms. The Hall–Kier alpha value is -3.20. The van der Waals surface area contributed by atoms with Crippen LogP contribution in [0.3, 0.4) is 0 Å². The van der Waals surface area contributed by atoms with Crippen molar-refractivity contribution in [3.05, 3.63) is 59.4 Å². The summed E-state index contributed by atoms with van der Waals surface area (Å²) in [5, 5.41) is 12.4. The van der Waals surface area contributed by atoms with Gasteiger partial charge in [0.2, 0.25) is 5.91 Å². The third-order valence-corrected chi connectivity index (χ3v) is 5.10. The predicted molar refractivity (Wildman–Crippen MR) is 102 cm³/mol. The Morgan fingerprint density at radius 2 is 2.19 bits per heavy atom. The first-order chi connectivity index (χ1) is 13.2. The first kappa shape index (κ1) is 17.2. The van der Waals surface area contributed by atoms with E-state index in [1.54, 1.807) is 15.8 Å². The summed E-state index contributed by atoms with van der Waals surface area (Å²) < 4.78 is 1.77. The van der Waals surface area contributed by atoms with Crippen molar-refractivity contribution in [3.63, 3.8) is 0 Å². The zero-order valence-electron chi connectivity index (χ0n) is 14.5. The van der Waals surface area contributed by atoms with E-state index in [0.717, 1.165) is 11.3 Å². The average molecular weight is 382 g/mol. The molecule has 0 unspecified atom stereocenters. The Kier molecular flexibility index (Phi) is 4.84. The molecule has 3 heterocycles. The maximum atomic E-state index is 12.3. The van der Waals surface area contributed by atoms with Crippen molar-refractivity contribution in [3.8, 4) is 5.69 Å². The molecule has 0 bridgehead atoms. The molecule has 0 aliphatic carbocycles. The Bertz CT molecular complexity index is 952. The van der Waals surface area contributed by atoms with Crippen molar-refractivity contribution in [2.45, 2.75) is 13.0 Å². The zero-order chi connectivity index (χ0) is 18.6. The third kappa shape index (κ3) is 3.82. The van der Waals surface area contributed by atoms with Crippen LogP contribution in [0.2, 0.25) is 0 Å². The van der Waals surface area contributed by atoms with Crippen LogP contribution in [0.15, 0.2) is 48.1 Å². The van der Waals surface area contributed by atoms with Crippen LogP contribution in [0.5, 0.6) is 0 Å². The van der Waals surface area contributed by atoms with Gasteiger partial charge in [-0.2, -0.15) is 5.10 Å². The molecule has 2 aromatic heterocycles. The molecule has 1 saturated heterocycles. The summed E-state index contributed by atoms with van der Waals surface area (Å²) in [6.07, 6.45) is 3.76. The number of thiazole rings is 1. The fourth-order valence-electron chi connectivity index (χ4n) is 2.87. The van der Waals surface area contributed by atoms with Gasteiger partial charge in [0.25, 0.3) is 0 Å². The van der Waals surface area contributed by atoms with E-state index in [2.05, 4.69) is 20.7 Å². The molecular formula is C18H18N6O2S. The van der Waals surface area contributed by atoms with Crippen molar-refractivity contribution >= 4 is 28.4 Å². The molecular weight excluding hydrogens is 364 g/mol. The molecule has 1 aliphatic rings. The van der Waals surface area contributed by atoms with E-state index in [1.165, 1.54) is 11.3 Å². The van der Waals surface area contributed by atoms with E-state index >= 15 is 0 Å². The second kappa shape index (κ2) is 7.58. The molecule has 2 N–H and O–H groups in total. The minimum Gasteiger partial charge on any atom is -0.352 e. The number of rotatable bonds is 6. The van der Waals surface area contributed by atoms with E-state index in [1.807, 2.05) is 41.9 Å². The standard InChI is InChI=1S/C18H18N6O2S/c25-16(10-14-12-27-18(22-14)23-9-7-19-17(23)26)20-11-13-4-1-2-5-15(13)24-8-3-6-21-24/h1-6,8,12H,7,9-11H2,(H,19,26)(H,20,25). The van der Waals surface area contributed by atoms with Crippen LogP contribution >= 0.6 is 11.3 Å². The molecule has 4 rings (SSSR count). The molecule has 1 aliphatic heterocycles. The average Bonchev–Trinajstić information content (AvgIpc) is 3.42. The van der Waals surface area contributed by atoms with Crippen LogP contribution in [-0.2, 0) is 17.8 Å². The lowest BCUT2D eigenvalue weighted by molar-refractivity contribution is -0.120. The van der Waals surface area contributed by atoms with Gasteiger partial charge >= 0.3 is 6.03 Å². The largest absolute Gasteiger partial charge is 0.352 e. The summed E-state index contributed by atoms with van der Waals surface area (Å²) in [6, 6.07) is 9.51. The SMILES string of the molecule is O=C(Cc1csc(N2CCNC2=O)n1)NCc1ccccc1-n1cccn1. The summed E-state index contributed by atoms with van der Waals surface area (Å²) in [6.45, 7) is 1.62. The van der Waals surface area contributed by atoms with Crippen LogP contribution in [0.4, 0.5) is 9.93 Å². The Morgan fingerprint density at radius 1 is 1.30 bits per heavy atom. The van der Waals surface area contributed by atoms with Crippen molar-refractivity contribution in [1.82, 2.24) is 25.4 Å². The zero-order valence-corrected chi connectivity index (χ0v) is 15.3. The minimum absolute atomic E-state index is 0.118. The van der Waals surface area contributed by atoms with Crippen LogP contribution in [0.25, 0.3) is 5.69 Å². The lowest BCUT2D eigenvalue weighted by atomic mass is 10.1. The molecule has 1 aromatic carbocycles. The Morgan fingerprint density at radius 3 is 2.96 bits per heavy atom. The summed E-state index contributed by atoms with van der Waals surface area (Å²) in [5.41, 5.74) is 2.56. The topological polar surface area (TPSA) is 92.1 Å². The fourth-order valence-corrected chi connectivity index (χ4v) is 3.72. The lowest BCUT2D eigenvalue weighted by Gasteiger charge is -2.10. The number of benzene rings is 1. The van der Waals surface area contributed by atoms with Gasteiger partial charge in [-0.15, -0.1) is 11.3 Å². The second-order valence-corrected chi connectivity index (χ2v) is 6.87. The van der Waals surface area contributed by atoms with E-state index in [0.29, 0.717) is 30.5 Å². The smallest absolute Gasteiger partial charge is 0.323 e. The Labute approximate surface area is 159 Å². The molecule has 0 spiro atoms. The maximum Gasteiger partial charge on any atom is 0.323 e. The quantitative estimate of drug-likeness (QED) is 0.679. The van der Waals surface area contributed by atoms with E-state index in [-0.39, 0.29) is 18.4 Å². The Balaban J connectivity index is 1.37. The third-order valence-electron chi connectivity index (χ3n) is 4.19. The van der Waals surface area contributed by atoms with Crippen molar-refractivity contribution in [2.24, 2.45) is 0 Å². The molecule has 138 valence electrons. The highest BCUT2D eigenvalue weighted by Gasteiger charge is 2.24. The second-order valence-electron chi connectivity index (χ2n) is 6.04. The van der Waals surface area contributed by atoms with Crippen molar-refractivity contribution in [2.75, 3.05) is 18.0 Å².